The van der Waals surface area contributed by atoms with Crippen molar-refractivity contribution in [1.29, 1.82) is 0 Å². The van der Waals surface area contributed by atoms with E-state index in [1.807, 2.05) is 32.9 Å². The highest BCUT2D eigenvalue weighted by Crippen LogP contribution is 2.35. The minimum absolute atomic E-state index is 0.231. The predicted molar refractivity (Wildman–Crippen MR) is 116 cm³/mol. The van der Waals surface area contributed by atoms with Gasteiger partial charge in [0.25, 0.3) is 0 Å². The van der Waals surface area contributed by atoms with Gasteiger partial charge in [-0.1, -0.05) is 17.7 Å². The van der Waals surface area contributed by atoms with Gasteiger partial charge < -0.3 is 14.8 Å². The van der Waals surface area contributed by atoms with Gasteiger partial charge in [-0.25, -0.2) is 8.42 Å². The fraction of sp³-hybridized carbons (Fsp3) is 0.381. The fourth-order valence-corrected chi connectivity index (χ4v) is 4.52. The zero-order chi connectivity index (χ0) is 21.9. The molecular formula is C21H28N2O5S. The Balaban J connectivity index is 2.48. The standard InChI is InChI=1S/C21H28N2O5S/c1-13-10-14(2)20(15(3)11-13)22-21(24)16(4)23(29(7,25)26)18-12-17(27-5)8-9-19(18)28-6/h8-12,16H,1-7H3,(H,22,24)/t16-/m1/s1. The maximum atomic E-state index is 13.0. The summed E-state index contributed by atoms with van der Waals surface area (Å²) in [5, 5.41) is 2.88. The maximum absolute atomic E-state index is 13.0. The van der Waals surface area contributed by atoms with E-state index in [1.54, 1.807) is 12.1 Å². The Hall–Kier alpha value is -2.74. The van der Waals surface area contributed by atoms with Crippen LogP contribution in [0.1, 0.15) is 23.6 Å². The summed E-state index contributed by atoms with van der Waals surface area (Å²) in [6, 6.07) is 7.70. The van der Waals surface area contributed by atoms with Crippen LogP contribution in [0.5, 0.6) is 11.5 Å². The average Bonchev–Trinajstić information content (AvgIpc) is 2.63. The first-order chi connectivity index (χ1) is 13.5. The third-order valence-electron chi connectivity index (χ3n) is 4.64. The van der Waals surface area contributed by atoms with Crippen molar-refractivity contribution in [2.75, 3.05) is 30.1 Å². The molecule has 0 saturated carbocycles. The number of rotatable bonds is 7. The van der Waals surface area contributed by atoms with Crippen molar-refractivity contribution < 1.29 is 22.7 Å². The number of benzene rings is 2. The molecule has 7 nitrogen and oxygen atoms in total. The average molecular weight is 421 g/mol. The van der Waals surface area contributed by atoms with Gasteiger partial charge >= 0.3 is 0 Å². The van der Waals surface area contributed by atoms with Gasteiger partial charge in [-0.2, -0.15) is 0 Å². The van der Waals surface area contributed by atoms with Crippen LogP contribution >= 0.6 is 0 Å². The molecule has 8 heteroatoms. The number of nitrogens with one attached hydrogen (secondary N) is 1. The predicted octanol–water partition coefficient (Wildman–Crippen LogP) is 3.42. The molecule has 0 spiro atoms. The lowest BCUT2D eigenvalue weighted by Gasteiger charge is -2.30. The van der Waals surface area contributed by atoms with E-state index in [9.17, 15) is 13.2 Å². The zero-order valence-corrected chi connectivity index (χ0v) is 18.7. The molecule has 0 aromatic heterocycles. The molecule has 0 aliphatic rings. The molecule has 0 fully saturated rings. The largest absolute Gasteiger partial charge is 0.497 e. The smallest absolute Gasteiger partial charge is 0.248 e. The number of sulfonamides is 1. The molecule has 0 bridgehead atoms. The molecule has 0 radical (unpaired) electrons. The van der Waals surface area contributed by atoms with Crippen LogP contribution in [0.4, 0.5) is 11.4 Å². The monoisotopic (exact) mass is 420 g/mol. The van der Waals surface area contributed by atoms with Crippen LogP contribution in [0.2, 0.25) is 0 Å². The van der Waals surface area contributed by atoms with Gasteiger partial charge in [0.05, 0.1) is 26.2 Å². The van der Waals surface area contributed by atoms with Gasteiger partial charge in [0.1, 0.15) is 17.5 Å². The van der Waals surface area contributed by atoms with Crippen molar-refractivity contribution in [3.05, 3.63) is 47.0 Å². The van der Waals surface area contributed by atoms with Gasteiger partial charge in [-0.3, -0.25) is 9.10 Å². The van der Waals surface area contributed by atoms with Gasteiger partial charge in [-0.05, 0) is 51.0 Å². The molecule has 29 heavy (non-hydrogen) atoms. The number of anilines is 2. The number of ether oxygens (including phenoxy) is 2. The number of carbonyl (C=O) groups is 1. The van der Waals surface area contributed by atoms with E-state index in [0.717, 1.165) is 27.3 Å². The minimum atomic E-state index is -3.80. The number of amides is 1. The Morgan fingerprint density at radius 1 is 1.03 bits per heavy atom. The first kappa shape index (κ1) is 22.5. The number of methoxy groups -OCH3 is 2. The van der Waals surface area contributed by atoms with Gasteiger partial charge in [-0.15, -0.1) is 0 Å². The highest BCUT2D eigenvalue weighted by atomic mass is 32.2. The van der Waals surface area contributed by atoms with E-state index in [2.05, 4.69) is 5.32 Å². The zero-order valence-electron chi connectivity index (χ0n) is 17.9. The fourth-order valence-electron chi connectivity index (χ4n) is 3.35. The summed E-state index contributed by atoms with van der Waals surface area (Å²) in [6.45, 7) is 7.32. The normalized spacial score (nSPS) is 12.2. The molecule has 0 aliphatic heterocycles. The van der Waals surface area contributed by atoms with Crippen LogP contribution in [0.25, 0.3) is 0 Å². The Labute approximate surface area is 172 Å². The van der Waals surface area contributed by atoms with Crippen molar-refractivity contribution >= 4 is 27.3 Å². The van der Waals surface area contributed by atoms with Crippen LogP contribution < -0.4 is 19.1 Å². The third kappa shape index (κ3) is 5.00. The van der Waals surface area contributed by atoms with Crippen molar-refractivity contribution in [3.8, 4) is 11.5 Å². The minimum Gasteiger partial charge on any atom is -0.497 e. The summed E-state index contributed by atoms with van der Waals surface area (Å²) in [4.78, 5) is 13.0. The number of nitrogens with zero attached hydrogens (tertiary/aromatic N) is 1. The topological polar surface area (TPSA) is 84.9 Å². The summed E-state index contributed by atoms with van der Waals surface area (Å²) in [5.74, 6) is 0.321. The van der Waals surface area contributed by atoms with E-state index in [0.29, 0.717) is 17.2 Å². The van der Waals surface area contributed by atoms with E-state index in [1.165, 1.54) is 27.2 Å². The Bertz CT molecular complexity index is 995. The molecule has 2 aromatic carbocycles. The highest BCUT2D eigenvalue weighted by molar-refractivity contribution is 7.92. The van der Waals surface area contributed by atoms with Crippen molar-refractivity contribution in [3.63, 3.8) is 0 Å². The molecule has 2 rings (SSSR count). The van der Waals surface area contributed by atoms with Crippen LogP contribution in [0.3, 0.4) is 0 Å². The second-order valence-corrected chi connectivity index (χ2v) is 8.89. The molecule has 0 unspecified atom stereocenters. The Kier molecular flexibility index (Phi) is 6.79. The summed E-state index contributed by atoms with van der Waals surface area (Å²) in [6.07, 6.45) is 1.05. The summed E-state index contributed by atoms with van der Waals surface area (Å²) < 4.78 is 36.8. The van der Waals surface area contributed by atoms with Gasteiger partial charge in [0.15, 0.2) is 0 Å². The summed E-state index contributed by atoms with van der Waals surface area (Å²) >= 11 is 0. The van der Waals surface area contributed by atoms with Crippen LogP contribution in [-0.4, -0.2) is 40.8 Å². The van der Waals surface area contributed by atoms with Gasteiger partial charge in [0.2, 0.25) is 15.9 Å². The molecule has 1 N–H and O–H groups in total. The first-order valence-electron chi connectivity index (χ1n) is 9.09. The number of hydrogen-bond acceptors (Lipinski definition) is 5. The number of carbonyl (C=O) groups excluding carboxylic acids is 1. The van der Waals surface area contributed by atoms with E-state index < -0.39 is 22.0 Å². The van der Waals surface area contributed by atoms with Crippen molar-refractivity contribution in [1.82, 2.24) is 0 Å². The quantitative estimate of drug-likeness (QED) is 0.742. The molecule has 1 atom stereocenters. The molecule has 0 aliphatic carbocycles. The second-order valence-electron chi connectivity index (χ2n) is 7.04. The molecule has 158 valence electrons. The number of aryl methyl sites for hydroxylation is 3. The molecule has 1 amide bonds. The molecular weight excluding hydrogens is 392 g/mol. The lowest BCUT2D eigenvalue weighted by molar-refractivity contribution is -0.116. The first-order valence-corrected chi connectivity index (χ1v) is 10.9. The maximum Gasteiger partial charge on any atom is 0.248 e. The van der Waals surface area contributed by atoms with E-state index in [-0.39, 0.29) is 5.69 Å². The molecule has 0 saturated heterocycles. The second kappa shape index (κ2) is 8.73. The lowest BCUT2D eigenvalue weighted by atomic mass is 10.0. The van der Waals surface area contributed by atoms with Crippen LogP contribution in [0.15, 0.2) is 30.3 Å². The van der Waals surface area contributed by atoms with E-state index >= 15 is 0 Å². The van der Waals surface area contributed by atoms with Crippen molar-refractivity contribution in [2.45, 2.75) is 33.7 Å². The number of hydrogen-bond donors (Lipinski definition) is 1. The molecule has 2 aromatic rings. The summed E-state index contributed by atoms with van der Waals surface area (Å²) in [5.41, 5.74) is 3.82. The van der Waals surface area contributed by atoms with Crippen molar-refractivity contribution in [2.24, 2.45) is 0 Å². The SMILES string of the molecule is COc1ccc(OC)c(N([C@H](C)C(=O)Nc2c(C)cc(C)cc2C)S(C)(=O)=O)c1. The Morgan fingerprint density at radius 2 is 1.62 bits per heavy atom. The van der Waals surface area contributed by atoms with Gasteiger partial charge in [0, 0.05) is 11.8 Å². The Morgan fingerprint density at radius 3 is 2.10 bits per heavy atom. The van der Waals surface area contributed by atoms with E-state index in [4.69, 9.17) is 9.47 Å². The van der Waals surface area contributed by atoms with Crippen LogP contribution in [0, 0.1) is 20.8 Å². The molecule has 0 heterocycles. The van der Waals surface area contributed by atoms with Crippen LogP contribution in [-0.2, 0) is 14.8 Å². The highest BCUT2D eigenvalue weighted by Gasteiger charge is 2.32. The summed E-state index contributed by atoms with van der Waals surface area (Å²) in [7, 11) is -0.880. The third-order valence-corrected chi connectivity index (χ3v) is 5.86. The lowest BCUT2D eigenvalue weighted by Crippen LogP contribution is -2.45.